The van der Waals surface area contributed by atoms with Crippen molar-refractivity contribution in [2.24, 2.45) is 5.73 Å². The lowest BCUT2D eigenvalue weighted by atomic mass is 9.86. The molecule has 31 heavy (non-hydrogen) atoms. The highest BCUT2D eigenvalue weighted by Gasteiger charge is 2.45. The lowest BCUT2D eigenvalue weighted by Crippen LogP contribution is -2.44. The minimum absolute atomic E-state index is 0.0192. The van der Waals surface area contributed by atoms with Gasteiger partial charge in [0.1, 0.15) is 12.1 Å². The third kappa shape index (κ3) is 2.40. The molecule has 0 radical (unpaired) electrons. The Morgan fingerprint density at radius 2 is 1.97 bits per heavy atom. The van der Waals surface area contributed by atoms with E-state index in [-0.39, 0.29) is 54.0 Å². The van der Waals surface area contributed by atoms with Crippen molar-refractivity contribution < 1.29 is 27.8 Å². The SMILES string of the molecule is CC[C@@]1(O)C(=O)OCc2c1cc1n(c2=O)Cc2c-1nc1c(F)c(F)c(F)cc1c2CN. The fourth-order valence-corrected chi connectivity index (χ4v) is 4.44. The van der Waals surface area contributed by atoms with Crippen LogP contribution < -0.4 is 11.3 Å². The molecule has 5 rings (SSSR count). The molecule has 1 atom stereocenters. The molecule has 1 aromatic carbocycles. The summed E-state index contributed by atoms with van der Waals surface area (Å²) in [5.74, 6) is -5.36. The maximum Gasteiger partial charge on any atom is 0.343 e. The Balaban J connectivity index is 1.87. The Morgan fingerprint density at radius 1 is 1.23 bits per heavy atom. The van der Waals surface area contributed by atoms with Crippen LogP contribution >= 0.6 is 0 Å². The molecule has 160 valence electrons. The number of fused-ring (bicyclic) bond motifs is 5. The number of ether oxygens (including phenoxy) is 1. The highest BCUT2D eigenvalue weighted by molar-refractivity contribution is 5.89. The number of carbonyl (C=O) groups excluding carboxylic acids is 1. The third-order valence-electron chi connectivity index (χ3n) is 6.14. The Bertz CT molecular complexity index is 1390. The molecule has 2 aromatic heterocycles. The van der Waals surface area contributed by atoms with E-state index < -0.39 is 40.1 Å². The van der Waals surface area contributed by atoms with Crippen LogP contribution in [0.1, 0.15) is 35.6 Å². The minimum Gasteiger partial charge on any atom is -0.458 e. The molecular weight excluding hydrogens is 415 g/mol. The van der Waals surface area contributed by atoms with Crippen LogP contribution in [0.15, 0.2) is 16.9 Å². The molecule has 0 bridgehead atoms. The first-order chi connectivity index (χ1) is 14.7. The molecule has 3 aromatic rings. The van der Waals surface area contributed by atoms with Crippen LogP contribution in [0.3, 0.4) is 0 Å². The number of esters is 1. The van der Waals surface area contributed by atoms with Crippen LogP contribution in [0.25, 0.3) is 22.3 Å². The van der Waals surface area contributed by atoms with Gasteiger partial charge in [0.15, 0.2) is 23.1 Å². The molecule has 0 aliphatic carbocycles. The van der Waals surface area contributed by atoms with E-state index in [2.05, 4.69) is 4.98 Å². The molecular formula is C21H16F3N3O4. The van der Waals surface area contributed by atoms with Crippen molar-refractivity contribution in [3.05, 3.63) is 62.2 Å². The fourth-order valence-electron chi connectivity index (χ4n) is 4.44. The lowest BCUT2D eigenvalue weighted by Gasteiger charge is -2.31. The first-order valence-electron chi connectivity index (χ1n) is 9.59. The van der Waals surface area contributed by atoms with Crippen LogP contribution in [0.2, 0.25) is 0 Å². The number of hydrogen-bond donors (Lipinski definition) is 2. The van der Waals surface area contributed by atoms with Gasteiger partial charge in [-0.3, -0.25) is 4.79 Å². The first-order valence-corrected chi connectivity index (χ1v) is 9.59. The summed E-state index contributed by atoms with van der Waals surface area (Å²) in [4.78, 5) is 29.6. The molecule has 0 amide bonds. The van der Waals surface area contributed by atoms with Gasteiger partial charge in [0.05, 0.1) is 23.5 Å². The number of cyclic esters (lactones) is 1. The van der Waals surface area contributed by atoms with Crippen LogP contribution in [-0.2, 0) is 34.8 Å². The summed E-state index contributed by atoms with van der Waals surface area (Å²) in [5, 5.41) is 10.9. The predicted octanol–water partition coefficient (Wildman–Crippen LogP) is 1.96. The highest BCUT2D eigenvalue weighted by Crippen LogP contribution is 2.40. The number of aliphatic hydroxyl groups is 1. The van der Waals surface area contributed by atoms with Gasteiger partial charge in [-0.05, 0) is 24.1 Å². The smallest absolute Gasteiger partial charge is 0.343 e. The Morgan fingerprint density at radius 3 is 2.65 bits per heavy atom. The van der Waals surface area contributed by atoms with Crippen LogP contribution in [0.4, 0.5) is 13.2 Å². The summed E-state index contributed by atoms with van der Waals surface area (Å²) in [6.07, 6.45) is -0.0348. The number of nitrogens with zero attached hydrogens (tertiary/aromatic N) is 2. The topological polar surface area (TPSA) is 107 Å². The van der Waals surface area contributed by atoms with Crippen LogP contribution in [0.5, 0.6) is 0 Å². The van der Waals surface area contributed by atoms with Gasteiger partial charge >= 0.3 is 5.97 Å². The van der Waals surface area contributed by atoms with Gasteiger partial charge in [0.2, 0.25) is 0 Å². The van der Waals surface area contributed by atoms with Crippen molar-refractivity contribution in [3.63, 3.8) is 0 Å². The zero-order valence-electron chi connectivity index (χ0n) is 16.3. The average Bonchev–Trinajstić information content (AvgIpc) is 3.13. The van der Waals surface area contributed by atoms with Gasteiger partial charge in [0.25, 0.3) is 5.56 Å². The summed E-state index contributed by atoms with van der Waals surface area (Å²) in [6.45, 7) is 1.16. The Kier molecular flexibility index (Phi) is 4.06. The number of aromatic nitrogens is 2. The van der Waals surface area contributed by atoms with Crippen molar-refractivity contribution in [2.75, 3.05) is 0 Å². The quantitative estimate of drug-likeness (QED) is 0.371. The van der Waals surface area contributed by atoms with E-state index in [1.165, 1.54) is 10.6 Å². The average molecular weight is 431 g/mol. The van der Waals surface area contributed by atoms with Crippen LogP contribution in [-0.4, -0.2) is 20.6 Å². The van der Waals surface area contributed by atoms with E-state index in [0.717, 1.165) is 6.07 Å². The zero-order valence-corrected chi connectivity index (χ0v) is 16.3. The number of hydrogen-bond acceptors (Lipinski definition) is 6. The van der Waals surface area contributed by atoms with E-state index in [0.29, 0.717) is 11.1 Å². The Hall–Kier alpha value is -3.24. The molecule has 10 heteroatoms. The molecule has 4 heterocycles. The molecule has 0 spiro atoms. The van der Waals surface area contributed by atoms with E-state index in [4.69, 9.17) is 10.5 Å². The fraction of sp³-hybridized carbons (Fsp3) is 0.286. The second kappa shape index (κ2) is 6.38. The van der Waals surface area contributed by atoms with Gasteiger partial charge in [0, 0.05) is 23.1 Å². The zero-order chi connectivity index (χ0) is 22.2. The summed E-state index contributed by atoms with van der Waals surface area (Å²) >= 11 is 0. The number of rotatable bonds is 2. The Labute approximate surface area is 172 Å². The number of halogens is 3. The van der Waals surface area contributed by atoms with E-state index >= 15 is 0 Å². The summed E-state index contributed by atoms with van der Waals surface area (Å²) in [6, 6.07) is 2.28. The number of carbonyl (C=O) groups is 1. The molecule has 0 saturated carbocycles. The molecule has 0 unspecified atom stereocenters. The predicted molar refractivity (Wildman–Crippen MR) is 102 cm³/mol. The van der Waals surface area contributed by atoms with Crippen molar-refractivity contribution in [2.45, 2.75) is 38.6 Å². The van der Waals surface area contributed by atoms with Crippen molar-refractivity contribution >= 4 is 16.9 Å². The third-order valence-corrected chi connectivity index (χ3v) is 6.14. The van der Waals surface area contributed by atoms with Gasteiger partial charge in [-0.2, -0.15) is 0 Å². The van der Waals surface area contributed by atoms with Gasteiger partial charge in [-0.15, -0.1) is 0 Å². The van der Waals surface area contributed by atoms with Gasteiger partial charge < -0.3 is 20.1 Å². The number of pyridine rings is 2. The molecule has 2 aliphatic rings. The van der Waals surface area contributed by atoms with Gasteiger partial charge in [-0.1, -0.05) is 6.92 Å². The molecule has 2 aliphatic heterocycles. The second-order valence-electron chi connectivity index (χ2n) is 7.61. The minimum atomic E-state index is -2.01. The van der Waals surface area contributed by atoms with Crippen molar-refractivity contribution in [1.82, 2.24) is 9.55 Å². The maximum atomic E-state index is 14.5. The summed E-state index contributed by atoms with van der Waals surface area (Å²) in [5.41, 5.74) is 4.32. The standard InChI is InChI=1S/C21H16F3N3O4/c1-2-21(30)12-4-14-17-10(6-27(14)19(28)11(12)7-31-20(21)29)9(5-25)8-3-13(22)15(23)16(24)18(8)26-17/h3-4,30H,2,5-7,25H2,1H3/t21-/m0/s1. The summed E-state index contributed by atoms with van der Waals surface area (Å²) in [7, 11) is 0. The van der Waals surface area contributed by atoms with E-state index in [1.807, 2.05) is 0 Å². The number of benzene rings is 1. The van der Waals surface area contributed by atoms with Crippen molar-refractivity contribution in [3.8, 4) is 11.4 Å². The molecule has 0 saturated heterocycles. The van der Waals surface area contributed by atoms with Crippen molar-refractivity contribution in [1.29, 1.82) is 0 Å². The van der Waals surface area contributed by atoms with E-state index in [1.54, 1.807) is 6.92 Å². The molecule has 7 nitrogen and oxygen atoms in total. The largest absolute Gasteiger partial charge is 0.458 e. The number of nitrogens with two attached hydrogens (primary N) is 1. The molecule has 0 fully saturated rings. The van der Waals surface area contributed by atoms with E-state index in [9.17, 15) is 27.9 Å². The van der Waals surface area contributed by atoms with Crippen LogP contribution in [0, 0.1) is 17.5 Å². The first kappa shape index (κ1) is 19.7. The monoisotopic (exact) mass is 431 g/mol. The highest BCUT2D eigenvalue weighted by atomic mass is 19.2. The lowest BCUT2D eigenvalue weighted by molar-refractivity contribution is -0.172. The normalized spacial score (nSPS) is 19.2. The van der Waals surface area contributed by atoms with Gasteiger partial charge in [-0.25, -0.2) is 22.9 Å². The molecule has 3 N–H and O–H groups in total. The summed E-state index contributed by atoms with van der Waals surface area (Å²) < 4.78 is 48.6. The maximum absolute atomic E-state index is 14.5. The second-order valence-corrected chi connectivity index (χ2v) is 7.61.